The van der Waals surface area contributed by atoms with E-state index in [2.05, 4.69) is 29.6 Å². The monoisotopic (exact) mass is 381 g/mol. The second-order valence-corrected chi connectivity index (χ2v) is 7.77. The molecule has 0 aliphatic carbocycles. The summed E-state index contributed by atoms with van der Waals surface area (Å²) in [6.07, 6.45) is 1.75. The lowest BCUT2D eigenvalue weighted by Gasteiger charge is -2.14. The molecule has 0 spiro atoms. The van der Waals surface area contributed by atoms with Gasteiger partial charge in [0.2, 0.25) is 0 Å². The maximum atomic E-state index is 12.9. The van der Waals surface area contributed by atoms with Gasteiger partial charge in [0.05, 0.1) is 4.88 Å². The number of thiophene rings is 1. The summed E-state index contributed by atoms with van der Waals surface area (Å²) in [5.41, 5.74) is 3.27. The molecule has 4 nitrogen and oxygen atoms in total. The van der Waals surface area contributed by atoms with Gasteiger partial charge in [-0.2, -0.15) is 0 Å². The lowest BCUT2D eigenvalue weighted by molar-refractivity contribution is -0.139. The molecule has 1 amide bonds. The van der Waals surface area contributed by atoms with Gasteiger partial charge in [-0.25, -0.2) is 4.79 Å². The van der Waals surface area contributed by atoms with Crippen LogP contribution in [0, 0.1) is 6.92 Å². The molecule has 0 radical (unpaired) electrons. The van der Waals surface area contributed by atoms with E-state index in [1.165, 1.54) is 16.9 Å². The smallest absolute Gasteiger partial charge is 0.326 e. The van der Waals surface area contributed by atoms with Crippen LogP contribution in [0.2, 0.25) is 0 Å². The molecule has 3 rings (SSSR count). The summed E-state index contributed by atoms with van der Waals surface area (Å²) in [7, 11) is 0. The molecule has 5 heteroatoms. The van der Waals surface area contributed by atoms with Crippen LogP contribution in [-0.2, 0) is 11.2 Å². The highest BCUT2D eigenvalue weighted by Crippen LogP contribution is 2.33. The summed E-state index contributed by atoms with van der Waals surface area (Å²) in [4.78, 5) is 24.9. The van der Waals surface area contributed by atoms with Gasteiger partial charge in [-0.3, -0.25) is 4.79 Å². The Kier molecular flexibility index (Phi) is 5.91. The van der Waals surface area contributed by atoms with E-state index in [0.29, 0.717) is 24.1 Å². The Balaban J connectivity index is 1.97. The van der Waals surface area contributed by atoms with Crippen molar-refractivity contribution in [3.8, 4) is 0 Å². The average molecular weight is 381 g/mol. The molecule has 0 saturated carbocycles. The number of nitrogens with one attached hydrogen (secondary N) is 1. The first-order valence-corrected chi connectivity index (χ1v) is 9.91. The molecule has 0 fully saturated rings. The number of rotatable bonds is 7. The number of hydrogen-bond donors (Lipinski definition) is 2. The van der Waals surface area contributed by atoms with Gasteiger partial charge in [0.1, 0.15) is 6.04 Å². The van der Waals surface area contributed by atoms with Gasteiger partial charge in [0.25, 0.3) is 5.91 Å². The Bertz CT molecular complexity index is 959. The van der Waals surface area contributed by atoms with Crippen molar-refractivity contribution in [2.24, 2.45) is 0 Å². The largest absolute Gasteiger partial charge is 0.480 e. The molecule has 2 aromatic carbocycles. The molecular formula is C22H23NO3S. The second-order valence-electron chi connectivity index (χ2n) is 6.72. The van der Waals surface area contributed by atoms with E-state index in [1.54, 1.807) is 0 Å². The van der Waals surface area contributed by atoms with Crippen molar-refractivity contribution in [2.75, 3.05) is 0 Å². The zero-order chi connectivity index (χ0) is 19.4. The van der Waals surface area contributed by atoms with E-state index in [4.69, 9.17) is 0 Å². The maximum absolute atomic E-state index is 12.9. The van der Waals surface area contributed by atoms with Crippen LogP contribution >= 0.6 is 11.3 Å². The molecule has 0 bridgehead atoms. The molecule has 0 aliphatic heterocycles. The lowest BCUT2D eigenvalue weighted by atomic mass is 10.0. The van der Waals surface area contributed by atoms with Crippen LogP contribution in [0.15, 0.2) is 48.5 Å². The fourth-order valence-electron chi connectivity index (χ4n) is 3.14. The van der Waals surface area contributed by atoms with Crippen LogP contribution in [0.3, 0.4) is 0 Å². The Morgan fingerprint density at radius 1 is 1.11 bits per heavy atom. The molecule has 3 aromatic rings. The van der Waals surface area contributed by atoms with Gasteiger partial charge in [0.15, 0.2) is 0 Å². The minimum atomic E-state index is -0.994. The van der Waals surface area contributed by atoms with Crippen molar-refractivity contribution in [1.29, 1.82) is 0 Å². The SMILES string of the molecule is CCCC(NC(=O)c1sc2ccccc2c1Cc1ccc(C)cc1)C(=O)O. The summed E-state index contributed by atoms with van der Waals surface area (Å²) >= 11 is 1.42. The molecule has 1 unspecified atom stereocenters. The number of benzene rings is 2. The van der Waals surface area contributed by atoms with E-state index in [-0.39, 0.29) is 5.91 Å². The van der Waals surface area contributed by atoms with Gasteiger partial charge < -0.3 is 10.4 Å². The zero-order valence-electron chi connectivity index (χ0n) is 15.5. The topological polar surface area (TPSA) is 66.4 Å². The number of carbonyl (C=O) groups is 2. The van der Waals surface area contributed by atoms with Crippen LogP contribution < -0.4 is 5.32 Å². The van der Waals surface area contributed by atoms with Crippen LogP contribution in [0.4, 0.5) is 0 Å². The third-order valence-electron chi connectivity index (χ3n) is 4.59. The van der Waals surface area contributed by atoms with Crippen molar-refractivity contribution in [3.63, 3.8) is 0 Å². The van der Waals surface area contributed by atoms with E-state index in [9.17, 15) is 14.7 Å². The predicted octanol–water partition coefficient (Wildman–Crippen LogP) is 4.78. The van der Waals surface area contributed by atoms with Crippen molar-refractivity contribution >= 4 is 33.3 Å². The number of fused-ring (bicyclic) bond motifs is 1. The van der Waals surface area contributed by atoms with Crippen LogP contribution in [-0.4, -0.2) is 23.0 Å². The fraction of sp³-hybridized carbons (Fsp3) is 0.273. The van der Waals surface area contributed by atoms with Crippen molar-refractivity contribution in [2.45, 2.75) is 39.2 Å². The van der Waals surface area contributed by atoms with E-state index in [1.807, 2.05) is 38.1 Å². The van der Waals surface area contributed by atoms with Gasteiger partial charge in [-0.05, 0) is 42.3 Å². The Morgan fingerprint density at radius 2 is 1.81 bits per heavy atom. The highest BCUT2D eigenvalue weighted by Gasteiger charge is 2.24. The summed E-state index contributed by atoms with van der Waals surface area (Å²) in [5, 5.41) is 13.1. The average Bonchev–Trinajstić information content (AvgIpc) is 3.02. The van der Waals surface area contributed by atoms with E-state index in [0.717, 1.165) is 21.2 Å². The van der Waals surface area contributed by atoms with Crippen LogP contribution in [0.1, 0.15) is 46.1 Å². The molecule has 0 saturated heterocycles. The predicted molar refractivity (Wildman–Crippen MR) is 110 cm³/mol. The minimum absolute atomic E-state index is 0.306. The maximum Gasteiger partial charge on any atom is 0.326 e. The highest BCUT2D eigenvalue weighted by molar-refractivity contribution is 7.21. The molecule has 2 N–H and O–H groups in total. The quantitative estimate of drug-likeness (QED) is 0.619. The summed E-state index contributed by atoms with van der Waals surface area (Å²) in [6.45, 7) is 3.95. The van der Waals surface area contributed by atoms with Gasteiger partial charge >= 0.3 is 5.97 Å². The normalized spacial score (nSPS) is 12.1. The highest BCUT2D eigenvalue weighted by atomic mass is 32.1. The second kappa shape index (κ2) is 8.35. The molecule has 27 heavy (non-hydrogen) atoms. The van der Waals surface area contributed by atoms with Gasteiger partial charge in [-0.1, -0.05) is 61.4 Å². The van der Waals surface area contributed by atoms with Crippen molar-refractivity contribution < 1.29 is 14.7 Å². The molecule has 1 heterocycles. The first-order chi connectivity index (χ1) is 13.0. The first-order valence-electron chi connectivity index (χ1n) is 9.09. The number of hydrogen-bond acceptors (Lipinski definition) is 3. The van der Waals surface area contributed by atoms with Gasteiger partial charge in [-0.15, -0.1) is 11.3 Å². The minimum Gasteiger partial charge on any atom is -0.480 e. The molecule has 0 aliphatic rings. The first kappa shape index (κ1) is 19.1. The Hall–Kier alpha value is -2.66. The van der Waals surface area contributed by atoms with Gasteiger partial charge in [0, 0.05) is 4.70 Å². The third-order valence-corrected chi connectivity index (χ3v) is 5.80. The third kappa shape index (κ3) is 4.37. The fourth-order valence-corrected chi connectivity index (χ4v) is 4.26. The summed E-state index contributed by atoms with van der Waals surface area (Å²) in [6, 6.07) is 15.3. The van der Waals surface area contributed by atoms with E-state index >= 15 is 0 Å². The molecule has 1 atom stereocenters. The number of carbonyl (C=O) groups excluding carboxylic acids is 1. The number of amides is 1. The van der Waals surface area contributed by atoms with Crippen molar-refractivity contribution in [3.05, 3.63) is 70.1 Å². The van der Waals surface area contributed by atoms with Crippen LogP contribution in [0.5, 0.6) is 0 Å². The number of carboxylic acid groups (broad SMARTS) is 1. The molecular weight excluding hydrogens is 358 g/mol. The summed E-state index contributed by atoms with van der Waals surface area (Å²) < 4.78 is 1.03. The molecule has 140 valence electrons. The standard InChI is InChI=1S/C22H23NO3S/c1-3-6-18(22(25)26)23-21(24)20-17(13-15-11-9-14(2)10-12-15)16-7-4-5-8-19(16)27-20/h4-5,7-12,18H,3,6,13H2,1-2H3,(H,23,24)(H,25,26). The zero-order valence-corrected chi connectivity index (χ0v) is 16.3. The number of aryl methyl sites for hydroxylation is 1. The molecule has 1 aromatic heterocycles. The number of carboxylic acids is 1. The lowest BCUT2D eigenvalue weighted by Crippen LogP contribution is -2.40. The van der Waals surface area contributed by atoms with Crippen molar-refractivity contribution in [1.82, 2.24) is 5.32 Å². The Labute approximate surface area is 162 Å². The van der Waals surface area contributed by atoms with Crippen LogP contribution in [0.25, 0.3) is 10.1 Å². The summed E-state index contributed by atoms with van der Waals surface area (Å²) in [5.74, 6) is -1.30. The number of aliphatic carboxylic acids is 1. The Morgan fingerprint density at radius 3 is 2.48 bits per heavy atom. The van der Waals surface area contributed by atoms with E-state index < -0.39 is 12.0 Å².